The molecule has 1 aromatic heterocycles. The van der Waals surface area contributed by atoms with Crippen LogP contribution in [0.25, 0.3) is 0 Å². The number of aryl methyl sites for hydroxylation is 1. The van der Waals surface area contributed by atoms with Gasteiger partial charge in [0.15, 0.2) is 5.76 Å². The van der Waals surface area contributed by atoms with Gasteiger partial charge in [-0.3, -0.25) is 4.79 Å². The monoisotopic (exact) mass is 316 g/mol. The van der Waals surface area contributed by atoms with Crippen molar-refractivity contribution < 1.29 is 22.8 Å². The molecule has 1 aliphatic heterocycles. The highest BCUT2D eigenvalue weighted by molar-refractivity contribution is 7.88. The number of piperidine rings is 1. The Morgan fingerprint density at radius 2 is 2.29 bits per heavy atom. The molecule has 0 spiro atoms. The lowest BCUT2D eigenvalue weighted by Gasteiger charge is -2.34. The molecule has 1 fully saturated rings. The number of carbonyl (C=O) groups is 1. The molecule has 7 nitrogen and oxygen atoms in total. The van der Waals surface area contributed by atoms with E-state index in [0.717, 1.165) is 12.8 Å². The molecule has 21 heavy (non-hydrogen) atoms. The van der Waals surface area contributed by atoms with Crippen molar-refractivity contribution in [1.82, 2.24) is 9.46 Å². The molecule has 118 valence electrons. The van der Waals surface area contributed by atoms with Crippen LogP contribution in [-0.2, 0) is 20.6 Å². The van der Waals surface area contributed by atoms with Gasteiger partial charge in [-0.2, -0.15) is 4.31 Å². The maximum absolute atomic E-state index is 12.5. The predicted octanol–water partition coefficient (Wildman–Crippen LogP) is 1.53. The third kappa shape index (κ3) is 4.28. The zero-order valence-corrected chi connectivity index (χ0v) is 12.8. The number of hydrogen-bond donors (Lipinski definition) is 1. The van der Waals surface area contributed by atoms with Crippen molar-refractivity contribution in [3.8, 4) is 0 Å². The molecule has 0 saturated carbocycles. The van der Waals surface area contributed by atoms with Crippen molar-refractivity contribution in [2.45, 2.75) is 50.8 Å². The summed E-state index contributed by atoms with van der Waals surface area (Å²) >= 11 is 0. The minimum Gasteiger partial charge on any atom is -0.481 e. The van der Waals surface area contributed by atoms with E-state index < -0.39 is 16.0 Å². The number of hydrogen-bond acceptors (Lipinski definition) is 5. The average molecular weight is 316 g/mol. The number of sulfonamides is 1. The second-order valence-electron chi connectivity index (χ2n) is 5.38. The number of aromatic nitrogens is 1. The summed E-state index contributed by atoms with van der Waals surface area (Å²) in [4.78, 5) is 10.7. The van der Waals surface area contributed by atoms with Crippen LogP contribution in [0, 0.1) is 6.92 Å². The lowest BCUT2D eigenvalue weighted by atomic mass is 10.0. The minimum atomic E-state index is -3.51. The summed E-state index contributed by atoms with van der Waals surface area (Å²) in [5.74, 6) is -0.809. The fourth-order valence-electron chi connectivity index (χ4n) is 2.67. The van der Waals surface area contributed by atoms with E-state index in [0.29, 0.717) is 30.8 Å². The van der Waals surface area contributed by atoms with Crippen molar-refractivity contribution in [1.29, 1.82) is 0 Å². The summed E-state index contributed by atoms with van der Waals surface area (Å²) in [5, 5.41) is 12.5. The van der Waals surface area contributed by atoms with E-state index in [1.54, 1.807) is 13.0 Å². The zero-order valence-electron chi connectivity index (χ0n) is 12.0. The van der Waals surface area contributed by atoms with Crippen LogP contribution in [0.2, 0.25) is 0 Å². The van der Waals surface area contributed by atoms with E-state index >= 15 is 0 Å². The predicted molar refractivity (Wildman–Crippen MR) is 75.1 cm³/mol. The van der Waals surface area contributed by atoms with Crippen LogP contribution >= 0.6 is 0 Å². The number of nitrogens with zero attached hydrogens (tertiary/aromatic N) is 2. The Labute approximate surface area is 124 Å². The lowest BCUT2D eigenvalue weighted by Crippen LogP contribution is -2.44. The Hall–Kier alpha value is -1.41. The van der Waals surface area contributed by atoms with Crippen LogP contribution in [0.5, 0.6) is 0 Å². The van der Waals surface area contributed by atoms with E-state index in [2.05, 4.69) is 5.16 Å². The Morgan fingerprint density at radius 3 is 2.90 bits per heavy atom. The maximum Gasteiger partial charge on any atom is 0.303 e. The van der Waals surface area contributed by atoms with Crippen molar-refractivity contribution in [3.05, 3.63) is 17.5 Å². The van der Waals surface area contributed by atoms with Gasteiger partial charge in [-0.05, 0) is 26.2 Å². The fourth-order valence-corrected chi connectivity index (χ4v) is 4.40. The Balaban J connectivity index is 2.09. The summed E-state index contributed by atoms with van der Waals surface area (Å²) in [6.45, 7) is 2.18. The van der Waals surface area contributed by atoms with Crippen LogP contribution in [-0.4, -0.2) is 41.5 Å². The molecule has 2 heterocycles. The highest BCUT2D eigenvalue weighted by Crippen LogP contribution is 2.25. The van der Waals surface area contributed by atoms with E-state index in [9.17, 15) is 13.2 Å². The molecule has 1 aliphatic rings. The summed E-state index contributed by atoms with van der Waals surface area (Å²) in [6.07, 6.45) is 2.78. The first-order chi connectivity index (χ1) is 9.88. The normalized spacial score (nSPS) is 20.5. The standard InChI is InChI=1S/C13H20N2O5S/c1-10-8-12(20-14-10)9-21(18,19)15-7-3-2-4-11(15)5-6-13(16)17/h8,11H,2-7,9H2,1H3,(H,16,17). The van der Waals surface area contributed by atoms with Gasteiger partial charge in [0.2, 0.25) is 10.0 Å². The quantitative estimate of drug-likeness (QED) is 0.854. The Bertz CT molecular complexity index is 595. The number of aliphatic carboxylic acids is 1. The highest BCUT2D eigenvalue weighted by atomic mass is 32.2. The van der Waals surface area contributed by atoms with Gasteiger partial charge in [0.1, 0.15) is 5.75 Å². The van der Waals surface area contributed by atoms with Gasteiger partial charge in [-0.25, -0.2) is 8.42 Å². The summed E-state index contributed by atoms with van der Waals surface area (Å²) in [7, 11) is -3.51. The molecule has 0 amide bonds. The van der Waals surface area contributed by atoms with Crippen molar-refractivity contribution in [2.24, 2.45) is 0 Å². The molecule has 0 aromatic carbocycles. The largest absolute Gasteiger partial charge is 0.481 e. The molecule has 1 atom stereocenters. The molecule has 2 rings (SSSR count). The first kappa shape index (κ1) is 16.0. The van der Waals surface area contributed by atoms with Gasteiger partial charge < -0.3 is 9.63 Å². The summed E-state index contributed by atoms with van der Waals surface area (Å²) in [6, 6.07) is 1.37. The molecule has 0 bridgehead atoms. The van der Waals surface area contributed by atoms with E-state index in [1.807, 2.05) is 0 Å². The Kier molecular flexibility index (Phi) is 5.00. The number of carboxylic acid groups (broad SMARTS) is 1. The third-order valence-electron chi connectivity index (χ3n) is 3.62. The smallest absolute Gasteiger partial charge is 0.303 e. The molecule has 8 heteroatoms. The molecule has 0 aliphatic carbocycles. The van der Waals surface area contributed by atoms with Gasteiger partial charge >= 0.3 is 5.97 Å². The topological polar surface area (TPSA) is 101 Å². The summed E-state index contributed by atoms with van der Waals surface area (Å²) in [5.41, 5.74) is 0.640. The molecule has 1 unspecified atom stereocenters. The molecular weight excluding hydrogens is 296 g/mol. The minimum absolute atomic E-state index is 0.0158. The summed E-state index contributed by atoms with van der Waals surface area (Å²) < 4.78 is 31.4. The van der Waals surface area contributed by atoms with Crippen molar-refractivity contribution in [2.75, 3.05) is 6.54 Å². The number of rotatable bonds is 6. The lowest BCUT2D eigenvalue weighted by molar-refractivity contribution is -0.137. The van der Waals surface area contributed by atoms with Crippen LogP contribution in [0.4, 0.5) is 0 Å². The molecule has 0 radical (unpaired) electrons. The fraction of sp³-hybridized carbons (Fsp3) is 0.692. The van der Waals surface area contributed by atoms with Gasteiger partial charge in [-0.15, -0.1) is 0 Å². The third-order valence-corrected chi connectivity index (χ3v) is 5.47. The average Bonchev–Trinajstić information content (AvgIpc) is 2.81. The van der Waals surface area contributed by atoms with Gasteiger partial charge in [0.05, 0.1) is 5.69 Å². The van der Waals surface area contributed by atoms with E-state index in [1.165, 1.54) is 4.31 Å². The first-order valence-electron chi connectivity index (χ1n) is 7.02. The van der Waals surface area contributed by atoms with Crippen molar-refractivity contribution >= 4 is 16.0 Å². The SMILES string of the molecule is Cc1cc(CS(=O)(=O)N2CCCCC2CCC(=O)O)on1. The van der Waals surface area contributed by atoms with Crippen LogP contribution in [0.15, 0.2) is 10.6 Å². The zero-order chi connectivity index (χ0) is 15.5. The van der Waals surface area contributed by atoms with Gasteiger partial charge in [0.25, 0.3) is 0 Å². The van der Waals surface area contributed by atoms with E-state index in [4.69, 9.17) is 9.63 Å². The van der Waals surface area contributed by atoms with Crippen molar-refractivity contribution in [3.63, 3.8) is 0 Å². The molecule has 1 saturated heterocycles. The first-order valence-corrected chi connectivity index (χ1v) is 8.63. The molecule has 1 N–H and O–H groups in total. The Morgan fingerprint density at radius 1 is 1.52 bits per heavy atom. The molecule has 1 aromatic rings. The molecular formula is C13H20N2O5S. The number of carboxylic acids is 1. The van der Waals surface area contributed by atoms with Crippen LogP contribution in [0.3, 0.4) is 0 Å². The van der Waals surface area contributed by atoms with Crippen LogP contribution < -0.4 is 0 Å². The van der Waals surface area contributed by atoms with Crippen LogP contribution in [0.1, 0.15) is 43.6 Å². The van der Waals surface area contributed by atoms with E-state index in [-0.39, 0.29) is 18.2 Å². The second kappa shape index (κ2) is 6.57. The second-order valence-corrected chi connectivity index (χ2v) is 7.31. The van der Waals surface area contributed by atoms with Gasteiger partial charge in [-0.1, -0.05) is 11.6 Å². The highest BCUT2D eigenvalue weighted by Gasteiger charge is 2.33. The van der Waals surface area contributed by atoms with Gasteiger partial charge in [0, 0.05) is 25.1 Å². The maximum atomic E-state index is 12.5.